The molecule has 0 radical (unpaired) electrons. The summed E-state index contributed by atoms with van der Waals surface area (Å²) >= 11 is 2.21. The first-order valence-corrected chi connectivity index (χ1v) is 13.9. The molecule has 1 saturated heterocycles. The number of carbonyl (C=O) groups is 4. The van der Waals surface area contributed by atoms with Gasteiger partial charge in [-0.3, -0.25) is 14.5 Å². The van der Waals surface area contributed by atoms with Crippen molar-refractivity contribution in [2.45, 2.75) is 30.9 Å². The minimum Gasteiger partial charge on any atom is -0.478 e. The molecule has 0 bridgehead atoms. The van der Waals surface area contributed by atoms with Crippen molar-refractivity contribution in [1.82, 2.24) is 15.2 Å². The Morgan fingerprint density at radius 3 is 2.60 bits per heavy atom. The van der Waals surface area contributed by atoms with Crippen LogP contribution >= 0.6 is 23.1 Å². The van der Waals surface area contributed by atoms with Crippen LogP contribution in [0, 0.1) is 22.7 Å². The normalized spacial score (nSPS) is 18.5. The molecule has 3 heterocycles. The van der Waals surface area contributed by atoms with E-state index in [0.29, 0.717) is 16.7 Å². The average molecular weight is 608 g/mol. The summed E-state index contributed by atoms with van der Waals surface area (Å²) in [5.41, 5.74) is 4.48. The lowest BCUT2D eigenvalue weighted by molar-refractivity contribution is -0.161. The molecule has 1 fully saturated rings. The molecule has 14 nitrogen and oxygen atoms in total. The van der Waals surface area contributed by atoms with Gasteiger partial charge in [0.1, 0.15) is 22.8 Å². The number of carbonyl (C=O) groups excluding carboxylic acids is 2. The quantitative estimate of drug-likeness (QED) is 0.180. The number of allylic oxidation sites excluding steroid dienone is 1. The Morgan fingerprint density at radius 2 is 2.00 bits per heavy atom. The first kappa shape index (κ1) is 29.8. The third kappa shape index (κ3) is 5.80. The van der Waals surface area contributed by atoms with Crippen molar-refractivity contribution in [2.24, 2.45) is 5.16 Å². The Bertz CT molecular complexity index is 1680. The van der Waals surface area contributed by atoms with Gasteiger partial charge in [0.2, 0.25) is 5.60 Å². The number of nitrogen functional groups attached to an aromatic ring is 1. The SMILES string of the molecule is CC(C)(ON=C(C(=O)NC1C(=O)N2C(C(=O)O)=C(C=Cc3ccc(C#N)cc3C#N)CS[C@H]12)c1csc(N)n1)C(=O)O. The molecule has 2 aromatic rings. The van der Waals surface area contributed by atoms with Crippen LogP contribution in [0.3, 0.4) is 0 Å². The van der Waals surface area contributed by atoms with E-state index < -0.39 is 46.5 Å². The number of thiazole rings is 1. The number of nitrogens with zero attached hydrogens (tertiary/aromatic N) is 5. The summed E-state index contributed by atoms with van der Waals surface area (Å²) in [5.74, 6) is -4.13. The van der Waals surface area contributed by atoms with Gasteiger partial charge in [0.25, 0.3) is 11.8 Å². The van der Waals surface area contributed by atoms with E-state index in [-0.39, 0.29) is 27.8 Å². The molecule has 1 aromatic carbocycles. The van der Waals surface area contributed by atoms with Crippen molar-refractivity contribution in [3.63, 3.8) is 0 Å². The molecule has 2 atom stereocenters. The summed E-state index contributed by atoms with van der Waals surface area (Å²) in [5, 5.41) is 44.7. The number of hydrogen-bond donors (Lipinski definition) is 4. The Kier molecular flexibility index (Phi) is 8.32. The topological polar surface area (TPSA) is 232 Å². The Balaban J connectivity index is 1.57. The average Bonchev–Trinajstić information content (AvgIpc) is 3.39. The summed E-state index contributed by atoms with van der Waals surface area (Å²) in [7, 11) is 0. The molecule has 1 unspecified atom stereocenters. The van der Waals surface area contributed by atoms with Crippen molar-refractivity contribution in [3.05, 3.63) is 63.3 Å². The Hall–Kier alpha value is -5.19. The highest BCUT2D eigenvalue weighted by atomic mass is 32.2. The number of carboxylic acid groups (broad SMARTS) is 2. The van der Waals surface area contributed by atoms with E-state index >= 15 is 0 Å². The zero-order chi connectivity index (χ0) is 30.8. The van der Waals surface area contributed by atoms with Gasteiger partial charge in [-0.05, 0) is 37.1 Å². The largest absolute Gasteiger partial charge is 0.478 e. The third-order valence-electron chi connectivity index (χ3n) is 6.11. The molecule has 5 N–H and O–H groups in total. The lowest BCUT2D eigenvalue weighted by Gasteiger charge is -2.49. The molecule has 4 rings (SSSR count). The van der Waals surface area contributed by atoms with Crippen LogP contribution < -0.4 is 11.1 Å². The van der Waals surface area contributed by atoms with Gasteiger partial charge in [0.05, 0.1) is 23.3 Å². The zero-order valence-electron chi connectivity index (χ0n) is 21.9. The molecule has 0 saturated carbocycles. The third-order valence-corrected chi connectivity index (χ3v) is 8.09. The number of amides is 2. The number of anilines is 1. The number of β-lactam (4-membered cyclic amide) rings is 1. The molecule has 0 aliphatic carbocycles. The number of aliphatic carboxylic acids is 2. The number of aromatic nitrogens is 1. The van der Waals surface area contributed by atoms with E-state index in [4.69, 9.17) is 15.8 Å². The second-order valence-corrected chi connectivity index (χ2v) is 11.3. The second kappa shape index (κ2) is 11.7. The minimum absolute atomic E-state index is 0.00537. The van der Waals surface area contributed by atoms with Crippen LogP contribution in [0.1, 0.15) is 36.2 Å². The van der Waals surface area contributed by atoms with Crippen molar-refractivity contribution in [3.8, 4) is 12.1 Å². The van der Waals surface area contributed by atoms with Gasteiger partial charge in [-0.1, -0.05) is 23.4 Å². The maximum atomic E-state index is 13.2. The fourth-order valence-corrected chi connectivity index (χ4v) is 5.71. The zero-order valence-corrected chi connectivity index (χ0v) is 23.5. The number of rotatable bonds is 9. The van der Waals surface area contributed by atoms with E-state index in [1.54, 1.807) is 6.07 Å². The summed E-state index contributed by atoms with van der Waals surface area (Å²) in [6.07, 6.45) is 3.02. The number of nitrogens with one attached hydrogen (secondary N) is 1. The number of hydrogen-bond acceptors (Lipinski definition) is 12. The van der Waals surface area contributed by atoms with Crippen LogP contribution in [0.2, 0.25) is 0 Å². The number of benzene rings is 1. The van der Waals surface area contributed by atoms with Gasteiger partial charge in [-0.15, -0.1) is 23.1 Å². The summed E-state index contributed by atoms with van der Waals surface area (Å²) < 4.78 is 0. The van der Waals surface area contributed by atoms with Crippen molar-refractivity contribution in [2.75, 3.05) is 11.5 Å². The molecular weight excluding hydrogens is 586 g/mol. The molecule has 16 heteroatoms. The van der Waals surface area contributed by atoms with E-state index in [0.717, 1.165) is 16.2 Å². The first-order chi connectivity index (χ1) is 19.9. The molecule has 2 amide bonds. The molecule has 1 aromatic heterocycles. The van der Waals surface area contributed by atoms with E-state index in [1.165, 1.54) is 55.3 Å². The number of fused-ring (bicyclic) bond motifs is 1. The van der Waals surface area contributed by atoms with Crippen LogP contribution in [-0.4, -0.2) is 72.3 Å². The van der Waals surface area contributed by atoms with Gasteiger partial charge >= 0.3 is 11.9 Å². The number of nitrogens with two attached hydrogens (primary N) is 1. The second-order valence-electron chi connectivity index (χ2n) is 9.32. The van der Waals surface area contributed by atoms with Crippen LogP contribution in [-0.2, 0) is 24.0 Å². The Labute approximate surface area is 246 Å². The highest BCUT2D eigenvalue weighted by molar-refractivity contribution is 8.00. The summed E-state index contributed by atoms with van der Waals surface area (Å²) in [6.45, 7) is 2.45. The van der Waals surface area contributed by atoms with Gasteiger partial charge in [0.15, 0.2) is 10.8 Å². The predicted octanol–water partition coefficient (Wildman–Crippen LogP) is 1.50. The molecule has 42 heavy (non-hydrogen) atoms. The highest BCUT2D eigenvalue weighted by Gasteiger charge is 2.54. The van der Waals surface area contributed by atoms with Gasteiger partial charge in [-0.25, -0.2) is 14.6 Å². The van der Waals surface area contributed by atoms with Gasteiger partial charge < -0.3 is 26.1 Å². The summed E-state index contributed by atoms with van der Waals surface area (Å²) in [6, 6.07) is 7.31. The van der Waals surface area contributed by atoms with Crippen LogP contribution in [0.15, 0.2) is 46.1 Å². The Morgan fingerprint density at radius 1 is 1.26 bits per heavy atom. The first-order valence-electron chi connectivity index (χ1n) is 11.9. The lowest BCUT2D eigenvalue weighted by Crippen LogP contribution is -2.71. The molecule has 214 valence electrons. The van der Waals surface area contributed by atoms with Crippen LogP contribution in [0.25, 0.3) is 6.08 Å². The standard InChI is InChI=1S/C26H21N7O7S2/c1-26(2,24(38)39)40-32-17(16-11-42-25(29)30-16)20(34)31-18-21(35)33-19(23(36)37)14(10-41-22(18)33)6-5-13-4-3-12(8-27)7-15(13)9-28/h3-7,11,18,22H,10H2,1-2H3,(H2,29,30)(H,31,34)(H,36,37)(H,38,39)/t18?,22-/m1/s1. The number of oxime groups is 1. The molecule has 2 aliphatic rings. The predicted molar refractivity (Wildman–Crippen MR) is 150 cm³/mol. The monoisotopic (exact) mass is 607 g/mol. The van der Waals surface area contributed by atoms with E-state index in [1.807, 2.05) is 12.1 Å². The fraction of sp³-hybridized carbons (Fsp3) is 0.231. The maximum Gasteiger partial charge on any atom is 0.352 e. The van der Waals surface area contributed by atoms with E-state index in [9.17, 15) is 34.7 Å². The highest BCUT2D eigenvalue weighted by Crippen LogP contribution is 2.41. The van der Waals surface area contributed by atoms with Crippen LogP contribution in [0.4, 0.5) is 5.13 Å². The smallest absolute Gasteiger partial charge is 0.352 e. The van der Waals surface area contributed by atoms with Crippen molar-refractivity contribution >= 4 is 63.8 Å². The number of nitriles is 2. The van der Waals surface area contributed by atoms with E-state index in [2.05, 4.69) is 15.5 Å². The van der Waals surface area contributed by atoms with Crippen LogP contribution in [0.5, 0.6) is 0 Å². The number of thioether (sulfide) groups is 1. The van der Waals surface area contributed by atoms with Crippen molar-refractivity contribution in [1.29, 1.82) is 10.5 Å². The summed E-state index contributed by atoms with van der Waals surface area (Å²) in [4.78, 5) is 60.1. The van der Waals surface area contributed by atoms with Gasteiger partial charge in [-0.2, -0.15) is 10.5 Å². The maximum absolute atomic E-state index is 13.2. The molecular formula is C26H21N7O7S2. The molecule has 0 spiro atoms. The minimum atomic E-state index is -1.79. The lowest BCUT2D eigenvalue weighted by atomic mass is 10.0. The van der Waals surface area contributed by atoms with Crippen molar-refractivity contribution < 1.29 is 34.2 Å². The molecule has 2 aliphatic heterocycles. The number of carboxylic acids is 2. The fourth-order valence-electron chi connectivity index (χ4n) is 3.84. The van der Waals surface area contributed by atoms with Gasteiger partial charge in [0, 0.05) is 11.1 Å².